The summed E-state index contributed by atoms with van der Waals surface area (Å²) in [6.07, 6.45) is 0.989. The van der Waals surface area contributed by atoms with Gasteiger partial charge in [0.15, 0.2) is 0 Å². The summed E-state index contributed by atoms with van der Waals surface area (Å²) in [6.45, 7) is 12.5. The van der Waals surface area contributed by atoms with Gasteiger partial charge < -0.3 is 14.3 Å². The number of carbonyl (C=O) groups excluding carboxylic acids is 1. The Morgan fingerprint density at radius 3 is 2.92 bits per heavy atom. The molecule has 1 unspecified atom stereocenters. The molecule has 0 saturated carbocycles. The van der Waals surface area contributed by atoms with Crippen LogP contribution in [-0.4, -0.2) is 31.8 Å². The third kappa shape index (κ3) is 7.04. The largest absolute Gasteiger partial charge is 0.460 e. The average molecular weight is 183 g/mol. The summed E-state index contributed by atoms with van der Waals surface area (Å²) < 4.78 is 9.81. The lowest BCUT2D eigenvalue weighted by atomic mass is 10.4. The zero-order valence-electron chi connectivity index (χ0n) is 7.66. The van der Waals surface area contributed by atoms with Gasteiger partial charge in [0, 0.05) is 6.08 Å². The van der Waals surface area contributed by atoms with E-state index in [0.29, 0.717) is 13.2 Å². The molecule has 1 atom stereocenters. The van der Waals surface area contributed by atoms with Crippen LogP contribution < -0.4 is 0 Å². The van der Waals surface area contributed by atoms with Gasteiger partial charge in [0.2, 0.25) is 6.54 Å². The van der Waals surface area contributed by atoms with E-state index < -0.39 is 5.97 Å². The highest BCUT2D eigenvalue weighted by molar-refractivity contribution is 5.81. The topological polar surface area (TPSA) is 39.9 Å². The Morgan fingerprint density at radius 1 is 1.69 bits per heavy atom. The lowest BCUT2D eigenvalue weighted by molar-refractivity contribution is -0.139. The van der Waals surface area contributed by atoms with Crippen molar-refractivity contribution >= 4 is 5.97 Å². The summed E-state index contributed by atoms with van der Waals surface area (Å²) in [5.74, 6) is -0.457. The molecule has 0 N–H and O–H groups in total. The van der Waals surface area contributed by atoms with Gasteiger partial charge in [0.1, 0.15) is 12.7 Å². The molecule has 13 heavy (non-hydrogen) atoms. The van der Waals surface area contributed by atoms with Crippen LogP contribution in [0.25, 0.3) is 4.85 Å². The fraction of sp³-hybridized carbons (Fsp3) is 0.556. The molecule has 4 nitrogen and oxygen atoms in total. The molecule has 0 radical (unpaired) electrons. The molecular formula is C9H13NO3. The van der Waals surface area contributed by atoms with E-state index in [0.717, 1.165) is 6.08 Å². The monoisotopic (exact) mass is 183 g/mol. The maximum atomic E-state index is 10.5. The van der Waals surface area contributed by atoms with Crippen molar-refractivity contribution in [3.05, 3.63) is 24.1 Å². The number of esters is 1. The van der Waals surface area contributed by atoms with Crippen molar-refractivity contribution in [2.24, 2.45) is 0 Å². The number of ether oxygens (including phenoxy) is 2. The van der Waals surface area contributed by atoms with Crippen molar-refractivity contribution in [2.45, 2.75) is 13.0 Å². The zero-order chi connectivity index (χ0) is 10.1. The van der Waals surface area contributed by atoms with E-state index in [1.807, 2.05) is 0 Å². The summed E-state index contributed by atoms with van der Waals surface area (Å²) in [6, 6.07) is 0. The molecule has 0 aliphatic carbocycles. The second-order valence-corrected chi connectivity index (χ2v) is 2.39. The minimum atomic E-state index is -0.457. The minimum absolute atomic E-state index is 0.111. The first kappa shape index (κ1) is 11.7. The van der Waals surface area contributed by atoms with Crippen molar-refractivity contribution < 1.29 is 14.3 Å². The molecule has 0 fully saturated rings. The summed E-state index contributed by atoms with van der Waals surface area (Å²) in [5, 5.41) is 0. The lowest BCUT2D eigenvalue weighted by Gasteiger charge is -2.06. The van der Waals surface area contributed by atoms with Gasteiger partial charge in [-0.2, -0.15) is 0 Å². The van der Waals surface area contributed by atoms with Gasteiger partial charge in [0.25, 0.3) is 0 Å². The molecule has 0 bridgehead atoms. The van der Waals surface area contributed by atoms with Crippen LogP contribution in [0.15, 0.2) is 12.7 Å². The number of carbonyl (C=O) groups is 1. The average Bonchev–Trinajstić information content (AvgIpc) is 2.12. The van der Waals surface area contributed by atoms with E-state index in [1.54, 1.807) is 6.92 Å². The van der Waals surface area contributed by atoms with Crippen molar-refractivity contribution in [3.63, 3.8) is 0 Å². The molecular weight excluding hydrogens is 170 g/mol. The van der Waals surface area contributed by atoms with Crippen LogP contribution in [0.4, 0.5) is 0 Å². The first-order chi connectivity index (χ1) is 6.20. The zero-order valence-corrected chi connectivity index (χ0v) is 7.66. The van der Waals surface area contributed by atoms with Crippen molar-refractivity contribution in [1.29, 1.82) is 0 Å². The van der Waals surface area contributed by atoms with Crippen LogP contribution in [0, 0.1) is 6.57 Å². The Balaban J connectivity index is 3.31. The normalized spacial score (nSPS) is 11.4. The van der Waals surface area contributed by atoms with Crippen molar-refractivity contribution in [2.75, 3.05) is 19.8 Å². The van der Waals surface area contributed by atoms with Gasteiger partial charge in [-0.3, -0.25) is 0 Å². The highest BCUT2D eigenvalue weighted by atomic mass is 16.6. The van der Waals surface area contributed by atoms with Crippen LogP contribution in [0.1, 0.15) is 6.92 Å². The van der Waals surface area contributed by atoms with Crippen LogP contribution >= 0.6 is 0 Å². The van der Waals surface area contributed by atoms with Gasteiger partial charge in [-0.05, 0) is 6.92 Å². The quantitative estimate of drug-likeness (QED) is 0.267. The van der Waals surface area contributed by atoms with Crippen molar-refractivity contribution in [3.8, 4) is 0 Å². The van der Waals surface area contributed by atoms with Crippen LogP contribution in [-0.2, 0) is 14.3 Å². The van der Waals surface area contributed by atoms with E-state index in [9.17, 15) is 4.79 Å². The predicted molar refractivity (Wildman–Crippen MR) is 48.0 cm³/mol. The fourth-order valence-electron chi connectivity index (χ4n) is 0.632. The Bertz CT molecular complexity index is 207. The predicted octanol–water partition coefficient (Wildman–Crippen LogP) is 1.04. The molecule has 0 aromatic carbocycles. The molecule has 0 aromatic heterocycles. The number of nitrogens with zero attached hydrogens (tertiary/aromatic N) is 1. The number of rotatable bonds is 6. The fourth-order valence-corrected chi connectivity index (χ4v) is 0.632. The molecule has 0 rings (SSSR count). The summed E-state index contributed by atoms with van der Waals surface area (Å²) in [7, 11) is 0. The van der Waals surface area contributed by atoms with Crippen LogP contribution in [0.3, 0.4) is 0 Å². The van der Waals surface area contributed by atoms with Gasteiger partial charge in [-0.25, -0.2) is 11.4 Å². The second-order valence-electron chi connectivity index (χ2n) is 2.39. The molecule has 0 aliphatic heterocycles. The summed E-state index contributed by atoms with van der Waals surface area (Å²) in [4.78, 5) is 13.7. The second kappa shape index (κ2) is 7.32. The molecule has 0 aromatic rings. The van der Waals surface area contributed by atoms with Crippen LogP contribution in [0.2, 0.25) is 0 Å². The Labute approximate surface area is 78.0 Å². The van der Waals surface area contributed by atoms with E-state index in [-0.39, 0.29) is 12.7 Å². The molecule has 0 heterocycles. The molecule has 0 amide bonds. The smallest absolute Gasteiger partial charge is 0.330 e. The Hall–Kier alpha value is -1.34. The molecule has 0 saturated heterocycles. The highest BCUT2D eigenvalue weighted by Gasteiger charge is 2.04. The maximum Gasteiger partial charge on any atom is 0.330 e. The van der Waals surface area contributed by atoms with Gasteiger partial charge >= 0.3 is 5.97 Å². The Morgan fingerprint density at radius 2 is 2.38 bits per heavy atom. The minimum Gasteiger partial charge on any atom is -0.460 e. The molecule has 0 aliphatic rings. The van der Waals surface area contributed by atoms with Gasteiger partial charge in [0.05, 0.1) is 6.61 Å². The number of hydrogen-bond acceptors (Lipinski definition) is 3. The first-order valence-electron chi connectivity index (χ1n) is 3.94. The Kier molecular flexibility index (Phi) is 6.56. The van der Waals surface area contributed by atoms with Gasteiger partial charge in [-0.1, -0.05) is 6.58 Å². The molecule has 72 valence electrons. The number of hydrogen-bond donors (Lipinski definition) is 0. The maximum absolute atomic E-state index is 10.5. The third-order valence-electron chi connectivity index (χ3n) is 1.25. The van der Waals surface area contributed by atoms with E-state index in [2.05, 4.69) is 16.2 Å². The lowest BCUT2D eigenvalue weighted by Crippen LogP contribution is -2.16. The SMILES string of the molecule is [C-]#[N+]CC(C)OCCOC(=O)C=C. The van der Waals surface area contributed by atoms with E-state index in [1.165, 1.54) is 0 Å². The third-order valence-corrected chi connectivity index (χ3v) is 1.25. The highest BCUT2D eigenvalue weighted by Crippen LogP contribution is 1.91. The first-order valence-corrected chi connectivity index (χ1v) is 3.94. The van der Waals surface area contributed by atoms with Crippen molar-refractivity contribution in [1.82, 2.24) is 0 Å². The van der Waals surface area contributed by atoms with E-state index >= 15 is 0 Å². The van der Waals surface area contributed by atoms with Gasteiger partial charge in [-0.15, -0.1) is 0 Å². The van der Waals surface area contributed by atoms with E-state index in [4.69, 9.17) is 11.3 Å². The summed E-state index contributed by atoms with van der Waals surface area (Å²) in [5.41, 5.74) is 0. The molecule has 0 spiro atoms. The summed E-state index contributed by atoms with van der Waals surface area (Å²) >= 11 is 0. The van der Waals surface area contributed by atoms with Crippen LogP contribution in [0.5, 0.6) is 0 Å². The molecule has 4 heteroatoms. The standard InChI is InChI=1S/C9H13NO3/c1-4-9(11)13-6-5-12-8(2)7-10-3/h4,8H,1,5-7H2,2H3.